The number of nitrogens with zero attached hydrogens (tertiary/aromatic N) is 1. The Labute approximate surface area is 128 Å². The molecule has 1 fully saturated rings. The maximum atomic E-state index is 12.2. The molecule has 0 saturated carbocycles. The average molecular weight is 297 g/mol. The van der Waals surface area contributed by atoms with Crippen LogP contribution in [0.5, 0.6) is 0 Å². The van der Waals surface area contributed by atoms with Crippen LogP contribution >= 0.6 is 12.4 Å². The number of anilines is 1. The van der Waals surface area contributed by atoms with Gasteiger partial charge in [0, 0.05) is 17.8 Å². The van der Waals surface area contributed by atoms with Crippen LogP contribution in [0.15, 0.2) is 18.2 Å². The van der Waals surface area contributed by atoms with E-state index in [1.807, 2.05) is 32.0 Å². The second-order valence-electron chi connectivity index (χ2n) is 5.76. The van der Waals surface area contributed by atoms with Gasteiger partial charge in [-0.25, -0.2) is 0 Å². The molecule has 112 valence electrons. The van der Waals surface area contributed by atoms with Gasteiger partial charge in [-0.15, -0.1) is 12.4 Å². The van der Waals surface area contributed by atoms with Crippen molar-refractivity contribution in [3.8, 4) is 0 Å². The van der Waals surface area contributed by atoms with E-state index in [4.69, 9.17) is 0 Å². The van der Waals surface area contributed by atoms with Crippen molar-refractivity contribution in [1.82, 2.24) is 4.90 Å². The second kappa shape index (κ2) is 7.09. The lowest BCUT2D eigenvalue weighted by atomic mass is 10.1. The molecule has 1 N–H and O–H groups in total. The van der Waals surface area contributed by atoms with E-state index in [2.05, 4.69) is 24.1 Å². The number of hydrogen-bond acceptors (Lipinski definition) is 2. The molecule has 4 heteroatoms. The van der Waals surface area contributed by atoms with Gasteiger partial charge in [0.15, 0.2) is 0 Å². The van der Waals surface area contributed by atoms with Crippen LogP contribution in [0.1, 0.15) is 37.8 Å². The fourth-order valence-electron chi connectivity index (χ4n) is 2.92. The third-order valence-corrected chi connectivity index (χ3v) is 4.21. The molecule has 1 heterocycles. The van der Waals surface area contributed by atoms with Gasteiger partial charge in [-0.3, -0.25) is 9.69 Å². The van der Waals surface area contributed by atoms with E-state index in [9.17, 15) is 4.79 Å². The molecule has 1 aromatic rings. The van der Waals surface area contributed by atoms with Gasteiger partial charge < -0.3 is 5.32 Å². The van der Waals surface area contributed by atoms with Gasteiger partial charge >= 0.3 is 0 Å². The molecule has 0 aliphatic carbocycles. The maximum absolute atomic E-state index is 12.2. The highest BCUT2D eigenvalue weighted by molar-refractivity contribution is 5.93. The first kappa shape index (κ1) is 17.0. The molecule has 1 saturated heterocycles. The number of halogens is 1. The quantitative estimate of drug-likeness (QED) is 0.925. The molecular weight excluding hydrogens is 272 g/mol. The summed E-state index contributed by atoms with van der Waals surface area (Å²) in [6.45, 7) is 8.97. The topological polar surface area (TPSA) is 32.3 Å². The summed E-state index contributed by atoms with van der Waals surface area (Å²) >= 11 is 0. The Morgan fingerprint density at radius 1 is 1.20 bits per heavy atom. The maximum Gasteiger partial charge on any atom is 0.238 e. The van der Waals surface area contributed by atoms with Gasteiger partial charge in [-0.2, -0.15) is 0 Å². The number of carbonyl (C=O) groups excluding carboxylic acids is 1. The molecule has 0 radical (unpaired) electrons. The monoisotopic (exact) mass is 296 g/mol. The summed E-state index contributed by atoms with van der Waals surface area (Å²) in [4.78, 5) is 14.5. The van der Waals surface area contributed by atoms with Crippen molar-refractivity contribution in [1.29, 1.82) is 0 Å². The van der Waals surface area contributed by atoms with Crippen LogP contribution in [0.25, 0.3) is 0 Å². The van der Waals surface area contributed by atoms with Gasteiger partial charge in [0.1, 0.15) is 0 Å². The Morgan fingerprint density at radius 2 is 1.70 bits per heavy atom. The molecule has 20 heavy (non-hydrogen) atoms. The molecule has 0 spiro atoms. The normalized spacial score (nSPS) is 22.4. The minimum atomic E-state index is 0. The molecule has 1 aliphatic rings. The van der Waals surface area contributed by atoms with Crippen LogP contribution in [-0.2, 0) is 4.79 Å². The van der Waals surface area contributed by atoms with Crippen molar-refractivity contribution >= 4 is 24.0 Å². The summed E-state index contributed by atoms with van der Waals surface area (Å²) in [6.07, 6.45) is 2.38. The first-order chi connectivity index (χ1) is 8.99. The lowest BCUT2D eigenvalue weighted by molar-refractivity contribution is -0.117. The van der Waals surface area contributed by atoms with Crippen molar-refractivity contribution < 1.29 is 4.79 Å². The van der Waals surface area contributed by atoms with Gasteiger partial charge in [0.05, 0.1) is 6.54 Å². The van der Waals surface area contributed by atoms with Gasteiger partial charge in [-0.1, -0.05) is 18.2 Å². The van der Waals surface area contributed by atoms with Gasteiger partial charge in [0.25, 0.3) is 0 Å². The second-order valence-corrected chi connectivity index (χ2v) is 5.76. The zero-order valence-electron chi connectivity index (χ0n) is 12.8. The SMILES string of the molecule is Cc1cccc(C)c1NC(=O)CN1C(C)CCC1C.Cl. The van der Waals surface area contributed by atoms with E-state index >= 15 is 0 Å². The summed E-state index contributed by atoms with van der Waals surface area (Å²) < 4.78 is 0. The Balaban J connectivity index is 0.00000200. The minimum Gasteiger partial charge on any atom is -0.324 e. The van der Waals surface area contributed by atoms with Crippen molar-refractivity contribution in [3.63, 3.8) is 0 Å². The highest BCUT2D eigenvalue weighted by atomic mass is 35.5. The Morgan fingerprint density at radius 3 is 2.20 bits per heavy atom. The van der Waals surface area contributed by atoms with Crippen LogP contribution in [0.4, 0.5) is 5.69 Å². The highest BCUT2D eigenvalue weighted by Gasteiger charge is 2.28. The van der Waals surface area contributed by atoms with E-state index in [-0.39, 0.29) is 18.3 Å². The fourth-order valence-corrected chi connectivity index (χ4v) is 2.92. The first-order valence-electron chi connectivity index (χ1n) is 7.11. The number of hydrogen-bond donors (Lipinski definition) is 1. The van der Waals surface area contributed by atoms with Crippen molar-refractivity contribution in [2.45, 2.75) is 52.6 Å². The molecule has 1 aliphatic heterocycles. The molecular formula is C16H25ClN2O. The molecule has 2 rings (SSSR count). The third-order valence-electron chi connectivity index (χ3n) is 4.21. The number of likely N-dealkylation sites (tertiary alicyclic amines) is 1. The van der Waals surface area contributed by atoms with Crippen molar-refractivity contribution in [2.24, 2.45) is 0 Å². The average Bonchev–Trinajstić information content (AvgIpc) is 2.66. The van der Waals surface area contributed by atoms with Gasteiger partial charge in [0.2, 0.25) is 5.91 Å². The van der Waals surface area contributed by atoms with E-state index < -0.39 is 0 Å². The summed E-state index contributed by atoms with van der Waals surface area (Å²) in [7, 11) is 0. The summed E-state index contributed by atoms with van der Waals surface area (Å²) in [5.41, 5.74) is 3.21. The molecule has 2 unspecified atom stereocenters. The number of benzene rings is 1. The zero-order chi connectivity index (χ0) is 14.0. The number of para-hydroxylation sites is 1. The van der Waals surface area contributed by atoms with Gasteiger partial charge in [-0.05, 0) is 51.7 Å². The Bertz CT molecular complexity index is 445. The lowest BCUT2D eigenvalue weighted by Gasteiger charge is -2.25. The molecule has 0 aromatic heterocycles. The molecule has 1 amide bonds. The van der Waals surface area contributed by atoms with E-state index in [0.29, 0.717) is 18.6 Å². The largest absolute Gasteiger partial charge is 0.324 e. The summed E-state index contributed by atoms with van der Waals surface area (Å²) in [5, 5.41) is 3.07. The number of rotatable bonds is 3. The zero-order valence-corrected chi connectivity index (χ0v) is 13.6. The van der Waals surface area contributed by atoms with Crippen LogP contribution in [0, 0.1) is 13.8 Å². The van der Waals surface area contributed by atoms with Crippen LogP contribution in [-0.4, -0.2) is 29.4 Å². The van der Waals surface area contributed by atoms with Crippen molar-refractivity contribution in [2.75, 3.05) is 11.9 Å². The number of aryl methyl sites for hydroxylation is 2. The van der Waals surface area contributed by atoms with Crippen LogP contribution < -0.4 is 5.32 Å². The van der Waals surface area contributed by atoms with E-state index in [1.54, 1.807) is 0 Å². The number of carbonyl (C=O) groups is 1. The predicted molar refractivity (Wildman–Crippen MR) is 86.7 cm³/mol. The smallest absolute Gasteiger partial charge is 0.238 e. The van der Waals surface area contributed by atoms with Crippen LogP contribution in [0.3, 0.4) is 0 Å². The number of nitrogens with one attached hydrogen (secondary N) is 1. The fraction of sp³-hybridized carbons (Fsp3) is 0.562. The predicted octanol–water partition coefficient (Wildman–Crippen LogP) is 3.54. The van der Waals surface area contributed by atoms with E-state index in [0.717, 1.165) is 16.8 Å². The number of amides is 1. The first-order valence-corrected chi connectivity index (χ1v) is 7.11. The Kier molecular flexibility index (Phi) is 6.03. The third kappa shape index (κ3) is 3.74. The van der Waals surface area contributed by atoms with E-state index in [1.165, 1.54) is 12.8 Å². The van der Waals surface area contributed by atoms with Crippen molar-refractivity contribution in [3.05, 3.63) is 29.3 Å². The van der Waals surface area contributed by atoms with Crippen LogP contribution in [0.2, 0.25) is 0 Å². The molecule has 1 aromatic carbocycles. The molecule has 3 nitrogen and oxygen atoms in total. The highest BCUT2D eigenvalue weighted by Crippen LogP contribution is 2.24. The lowest BCUT2D eigenvalue weighted by Crippen LogP contribution is -2.39. The standard InChI is InChI=1S/C16H24N2O.ClH/c1-11-6-5-7-12(2)16(11)17-15(19)10-18-13(3)8-9-14(18)4;/h5-7,13-14H,8-10H2,1-4H3,(H,17,19);1H. The minimum absolute atomic E-state index is 0. The molecule has 0 bridgehead atoms. The summed E-state index contributed by atoms with van der Waals surface area (Å²) in [6, 6.07) is 7.11. The summed E-state index contributed by atoms with van der Waals surface area (Å²) in [5.74, 6) is 0.0954. The Hall–Kier alpha value is -1.06. The molecule has 2 atom stereocenters.